The third kappa shape index (κ3) is 6.83. The Kier molecular flexibility index (Phi) is 7.88. The van der Waals surface area contributed by atoms with Gasteiger partial charge in [0.25, 0.3) is 0 Å². The van der Waals surface area contributed by atoms with Crippen molar-refractivity contribution in [2.75, 3.05) is 26.2 Å². The van der Waals surface area contributed by atoms with Crippen molar-refractivity contribution in [1.29, 1.82) is 0 Å². The first kappa shape index (κ1) is 22.2. The number of nitrogens with zero attached hydrogens (tertiary/aromatic N) is 1. The fraction of sp³-hybridized carbons (Fsp3) is 0.474. The predicted octanol–water partition coefficient (Wildman–Crippen LogP) is 3.08. The van der Waals surface area contributed by atoms with Gasteiger partial charge in [-0.25, -0.2) is 0 Å². The summed E-state index contributed by atoms with van der Waals surface area (Å²) in [6, 6.07) is 3.46. The third-order valence-corrected chi connectivity index (χ3v) is 4.91. The summed E-state index contributed by atoms with van der Waals surface area (Å²) in [7, 11) is 0. The maximum absolute atomic E-state index is 12.8. The summed E-state index contributed by atoms with van der Waals surface area (Å²) < 4.78 is 38.5. The number of likely N-dealkylation sites (tertiary alicyclic amines) is 1. The Bertz CT molecular complexity index is 738. The van der Waals surface area contributed by atoms with E-state index in [-0.39, 0.29) is 22.4 Å². The molecule has 2 rings (SSSR count). The number of hydrogen-bond donors (Lipinski definition) is 2. The van der Waals surface area contributed by atoms with Gasteiger partial charge in [0, 0.05) is 19.2 Å². The SMILES string of the molecule is NC(=O)C1CCCN(CCCNC(=O)/C=C/c2ccc(Cl)c(C(F)(F)F)c2)C1. The molecule has 1 saturated heterocycles. The van der Waals surface area contributed by atoms with E-state index in [0.717, 1.165) is 38.1 Å². The minimum absolute atomic E-state index is 0.118. The van der Waals surface area contributed by atoms with Crippen LogP contribution in [-0.2, 0) is 15.8 Å². The summed E-state index contributed by atoms with van der Waals surface area (Å²) >= 11 is 5.57. The number of nitrogens with one attached hydrogen (secondary N) is 1. The molecule has 1 heterocycles. The van der Waals surface area contributed by atoms with Crippen molar-refractivity contribution in [3.8, 4) is 0 Å². The molecule has 5 nitrogen and oxygen atoms in total. The molecule has 28 heavy (non-hydrogen) atoms. The first-order valence-electron chi connectivity index (χ1n) is 9.01. The van der Waals surface area contributed by atoms with Crippen molar-refractivity contribution in [2.45, 2.75) is 25.4 Å². The standard InChI is InChI=1S/C19H23ClF3N3O2/c20-16-6-4-13(11-15(16)19(21,22)23)5-7-17(27)25-8-2-10-26-9-1-3-14(12-26)18(24)28/h4-7,11,14H,1-3,8-10,12H2,(H2,24,28)(H,25,27)/b7-5+. The monoisotopic (exact) mass is 417 g/mol. The van der Waals surface area contributed by atoms with Crippen molar-refractivity contribution in [1.82, 2.24) is 10.2 Å². The third-order valence-electron chi connectivity index (χ3n) is 4.58. The molecule has 1 aliphatic rings. The number of carbonyl (C=O) groups excluding carboxylic acids is 2. The average Bonchev–Trinajstić information content (AvgIpc) is 2.64. The van der Waals surface area contributed by atoms with Crippen molar-refractivity contribution in [3.63, 3.8) is 0 Å². The highest BCUT2D eigenvalue weighted by Crippen LogP contribution is 2.35. The van der Waals surface area contributed by atoms with E-state index in [0.29, 0.717) is 19.5 Å². The second-order valence-corrected chi connectivity index (χ2v) is 7.16. The zero-order chi connectivity index (χ0) is 20.7. The molecule has 2 amide bonds. The second-order valence-electron chi connectivity index (χ2n) is 6.76. The van der Waals surface area contributed by atoms with Crippen LogP contribution in [0.5, 0.6) is 0 Å². The number of benzene rings is 1. The molecule has 1 aliphatic heterocycles. The summed E-state index contributed by atoms with van der Waals surface area (Å²) in [5.41, 5.74) is 4.64. The number of alkyl halides is 3. The smallest absolute Gasteiger partial charge is 0.369 e. The van der Waals surface area contributed by atoms with Crippen molar-refractivity contribution in [2.24, 2.45) is 11.7 Å². The second kappa shape index (κ2) is 9.93. The van der Waals surface area contributed by atoms with Crippen molar-refractivity contribution in [3.05, 3.63) is 40.4 Å². The van der Waals surface area contributed by atoms with Crippen LogP contribution in [0.3, 0.4) is 0 Å². The van der Waals surface area contributed by atoms with Gasteiger partial charge in [-0.1, -0.05) is 17.7 Å². The minimum atomic E-state index is -4.55. The lowest BCUT2D eigenvalue weighted by Gasteiger charge is -2.31. The van der Waals surface area contributed by atoms with E-state index in [1.54, 1.807) is 0 Å². The molecule has 0 radical (unpaired) electrons. The largest absolute Gasteiger partial charge is 0.417 e. The van der Waals surface area contributed by atoms with E-state index in [9.17, 15) is 22.8 Å². The number of piperidine rings is 1. The zero-order valence-electron chi connectivity index (χ0n) is 15.3. The van der Waals surface area contributed by atoms with Crippen LogP contribution in [0.4, 0.5) is 13.2 Å². The molecular weight excluding hydrogens is 395 g/mol. The molecule has 1 aromatic carbocycles. The molecule has 1 unspecified atom stereocenters. The van der Waals surface area contributed by atoms with E-state index in [2.05, 4.69) is 10.2 Å². The molecule has 1 aromatic rings. The van der Waals surface area contributed by atoms with Gasteiger partial charge in [0.15, 0.2) is 0 Å². The molecule has 0 aromatic heterocycles. The molecule has 0 bridgehead atoms. The van der Waals surface area contributed by atoms with Gasteiger partial charge in [-0.2, -0.15) is 13.2 Å². The highest BCUT2D eigenvalue weighted by Gasteiger charge is 2.33. The van der Waals surface area contributed by atoms with Gasteiger partial charge in [-0.05, 0) is 56.1 Å². The predicted molar refractivity (Wildman–Crippen MR) is 101 cm³/mol. The molecule has 9 heteroatoms. The lowest BCUT2D eigenvalue weighted by molar-refractivity contribution is -0.137. The Morgan fingerprint density at radius 1 is 1.36 bits per heavy atom. The number of rotatable bonds is 7. The van der Waals surface area contributed by atoms with E-state index in [1.807, 2.05) is 0 Å². The maximum Gasteiger partial charge on any atom is 0.417 e. The molecule has 154 valence electrons. The van der Waals surface area contributed by atoms with Crippen molar-refractivity contribution < 1.29 is 22.8 Å². The van der Waals surface area contributed by atoms with Gasteiger partial charge in [0.1, 0.15) is 0 Å². The number of amides is 2. The number of nitrogens with two attached hydrogens (primary N) is 1. The number of carbonyl (C=O) groups is 2. The molecule has 1 fully saturated rings. The zero-order valence-corrected chi connectivity index (χ0v) is 16.0. The van der Waals surface area contributed by atoms with Gasteiger partial charge < -0.3 is 16.0 Å². The number of hydrogen-bond acceptors (Lipinski definition) is 3. The van der Waals surface area contributed by atoms with Crippen LogP contribution in [-0.4, -0.2) is 42.9 Å². The van der Waals surface area contributed by atoms with Gasteiger partial charge >= 0.3 is 6.18 Å². The summed E-state index contributed by atoms with van der Waals surface area (Å²) in [5, 5.41) is 2.31. The van der Waals surface area contributed by atoms with Crippen LogP contribution in [0, 0.1) is 5.92 Å². The van der Waals surface area contributed by atoms with E-state index in [1.165, 1.54) is 18.2 Å². The van der Waals surface area contributed by atoms with Gasteiger partial charge in [-0.15, -0.1) is 0 Å². The molecule has 1 atom stereocenters. The fourth-order valence-corrected chi connectivity index (χ4v) is 3.32. The highest BCUT2D eigenvalue weighted by molar-refractivity contribution is 6.31. The summed E-state index contributed by atoms with van der Waals surface area (Å²) in [4.78, 5) is 25.2. The Balaban J connectivity index is 1.76. The minimum Gasteiger partial charge on any atom is -0.369 e. The Labute approximate surface area is 166 Å². The van der Waals surface area contributed by atoms with Gasteiger partial charge in [0.2, 0.25) is 11.8 Å². The quantitative estimate of drug-likeness (QED) is 0.529. The topological polar surface area (TPSA) is 75.4 Å². The van der Waals surface area contributed by atoms with Crippen LogP contribution in [0.2, 0.25) is 5.02 Å². The van der Waals surface area contributed by atoms with Crippen LogP contribution in [0.1, 0.15) is 30.4 Å². The molecule has 0 saturated carbocycles. The lowest BCUT2D eigenvalue weighted by Crippen LogP contribution is -2.42. The lowest BCUT2D eigenvalue weighted by atomic mass is 9.97. The number of primary amides is 1. The van der Waals surface area contributed by atoms with Crippen LogP contribution < -0.4 is 11.1 Å². The highest BCUT2D eigenvalue weighted by atomic mass is 35.5. The van der Waals surface area contributed by atoms with Crippen LogP contribution in [0.15, 0.2) is 24.3 Å². The van der Waals surface area contributed by atoms with Crippen molar-refractivity contribution >= 4 is 29.5 Å². The maximum atomic E-state index is 12.8. The summed E-state index contributed by atoms with van der Waals surface area (Å²) in [6.45, 7) is 2.70. The molecular formula is C19H23ClF3N3O2. The van der Waals surface area contributed by atoms with Crippen LogP contribution >= 0.6 is 11.6 Å². The van der Waals surface area contributed by atoms with Crippen LogP contribution in [0.25, 0.3) is 6.08 Å². The average molecular weight is 418 g/mol. The normalized spacial score (nSPS) is 18.4. The summed E-state index contributed by atoms with van der Waals surface area (Å²) in [6.07, 6.45) is 0.379. The Hall–Kier alpha value is -2.06. The van der Waals surface area contributed by atoms with E-state index >= 15 is 0 Å². The summed E-state index contributed by atoms with van der Waals surface area (Å²) in [5.74, 6) is -0.788. The number of halogens is 4. The molecule has 0 aliphatic carbocycles. The van der Waals surface area contributed by atoms with E-state index < -0.39 is 17.6 Å². The Morgan fingerprint density at radius 2 is 2.11 bits per heavy atom. The van der Waals surface area contributed by atoms with Gasteiger partial charge in [-0.3, -0.25) is 9.59 Å². The van der Waals surface area contributed by atoms with Gasteiger partial charge in [0.05, 0.1) is 16.5 Å². The first-order chi connectivity index (χ1) is 13.2. The fourth-order valence-electron chi connectivity index (χ4n) is 3.10. The first-order valence-corrected chi connectivity index (χ1v) is 9.39. The Morgan fingerprint density at radius 3 is 2.79 bits per heavy atom. The molecule has 0 spiro atoms. The molecule has 3 N–H and O–H groups in total. The van der Waals surface area contributed by atoms with E-state index in [4.69, 9.17) is 17.3 Å².